The van der Waals surface area contributed by atoms with Crippen LogP contribution in [0, 0.1) is 0 Å². The van der Waals surface area contributed by atoms with Crippen LogP contribution in [0.1, 0.15) is 29.6 Å². The molecular formula is C21H23N5O4. The van der Waals surface area contributed by atoms with Gasteiger partial charge >= 0.3 is 0 Å². The number of aromatic nitrogens is 4. The van der Waals surface area contributed by atoms with Gasteiger partial charge in [0, 0.05) is 31.6 Å². The highest BCUT2D eigenvalue weighted by Crippen LogP contribution is 2.31. The van der Waals surface area contributed by atoms with E-state index in [4.69, 9.17) is 9.47 Å². The Morgan fingerprint density at radius 3 is 2.93 bits per heavy atom. The molecule has 1 aliphatic heterocycles. The summed E-state index contributed by atoms with van der Waals surface area (Å²) in [6.07, 6.45) is 7.82. The summed E-state index contributed by atoms with van der Waals surface area (Å²) in [6.45, 7) is 1.23. The first-order chi connectivity index (χ1) is 14.7. The molecular weight excluding hydrogens is 386 g/mol. The molecule has 1 fully saturated rings. The molecule has 3 aromatic rings. The maximum Gasteiger partial charge on any atom is 0.252 e. The lowest BCUT2D eigenvalue weighted by molar-refractivity contribution is 0.0169. The van der Waals surface area contributed by atoms with E-state index in [9.17, 15) is 9.90 Å². The van der Waals surface area contributed by atoms with Crippen molar-refractivity contribution in [2.24, 2.45) is 0 Å². The molecule has 1 atom stereocenters. The third-order valence-electron chi connectivity index (χ3n) is 4.99. The maximum absolute atomic E-state index is 12.4. The monoisotopic (exact) mass is 409 g/mol. The van der Waals surface area contributed by atoms with E-state index in [1.807, 2.05) is 0 Å². The molecule has 1 amide bonds. The molecule has 0 aromatic carbocycles. The highest BCUT2D eigenvalue weighted by molar-refractivity contribution is 5.93. The van der Waals surface area contributed by atoms with Gasteiger partial charge in [-0.3, -0.25) is 4.79 Å². The van der Waals surface area contributed by atoms with Crippen LogP contribution in [-0.4, -0.2) is 57.1 Å². The lowest BCUT2D eigenvalue weighted by Gasteiger charge is -2.22. The van der Waals surface area contributed by atoms with Crippen molar-refractivity contribution >= 4 is 5.91 Å². The van der Waals surface area contributed by atoms with E-state index in [0.29, 0.717) is 34.9 Å². The van der Waals surface area contributed by atoms with Crippen LogP contribution in [0.2, 0.25) is 0 Å². The van der Waals surface area contributed by atoms with Crippen molar-refractivity contribution in [3.8, 4) is 28.7 Å². The van der Waals surface area contributed by atoms with E-state index in [0.717, 1.165) is 25.9 Å². The minimum absolute atomic E-state index is 0.0672. The van der Waals surface area contributed by atoms with Gasteiger partial charge in [0.2, 0.25) is 11.8 Å². The summed E-state index contributed by atoms with van der Waals surface area (Å²) in [4.78, 5) is 20.7. The van der Waals surface area contributed by atoms with Gasteiger partial charge in [0.05, 0.1) is 30.5 Å². The van der Waals surface area contributed by atoms with Gasteiger partial charge in [-0.05, 0) is 43.0 Å². The van der Waals surface area contributed by atoms with Crippen molar-refractivity contribution < 1.29 is 19.4 Å². The zero-order valence-electron chi connectivity index (χ0n) is 16.6. The van der Waals surface area contributed by atoms with Gasteiger partial charge in [0.25, 0.3) is 5.91 Å². The lowest BCUT2D eigenvalue weighted by atomic mass is 10.1. The molecule has 0 aliphatic carbocycles. The van der Waals surface area contributed by atoms with Gasteiger partial charge < -0.3 is 19.9 Å². The first kappa shape index (κ1) is 19.8. The van der Waals surface area contributed by atoms with Crippen molar-refractivity contribution in [1.82, 2.24) is 25.1 Å². The number of hydrogen-bond acceptors (Lipinski definition) is 7. The Morgan fingerprint density at radius 2 is 2.20 bits per heavy atom. The third-order valence-corrected chi connectivity index (χ3v) is 4.99. The van der Waals surface area contributed by atoms with Crippen molar-refractivity contribution in [1.29, 1.82) is 0 Å². The number of amides is 1. The number of nitrogens with zero attached hydrogens (tertiary/aromatic N) is 4. The van der Waals surface area contributed by atoms with Crippen molar-refractivity contribution in [2.75, 3.05) is 20.3 Å². The number of hydrogen-bond donors (Lipinski definition) is 2. The van der Waals surface area contributed by atoms with Crippen LogP contribution < -0.4 is 10.1 Å². The van der Waals surface area contributed by atoms with Gasteiger partial charge in [0.15, 0.2) is 5.82 Å². The average Bonchev–Trinajstić information content (AvgIpc) is 3.19. The standard InChI is InChI=1S/C21H23N5O4/c1-29-19-10-14(7-8-22-19)17-13-25-26(21(17)28)18-6-5-15(11-23-18)20(27)24-12-16-4-2-3-9-30-16/h5-8,10-11,13,16,28H,2-4,9,12H2,1H3,(H,24,27). The van der Waals surface area contributed by atoms with Gasteiger partial charge in [-0.15, -0.1) is 0 Å². The predicted octanol–water partition coefficient (Wildman–Crippen LogP) is 2.34. The lowest BCUT2D eigenvalue weighted by Crippen LogP contribution is -2.35. The Labute approximate surface area is 173 Å². The molecule has 0 bridgehead atoms. The van der Waals surface area contributed by atoms with E-state index in [-0.39, 0.29) is 17.9 Å². The van der Waals surface area contributed by atoms with E-state index >= 15 is 0 Å². The summed E-state index contributed by atoms with van der Waals surface area (Å²) in [7, 11) is 1.53. The molecule has 4 rings (SSSR count). The number of aromatic hydroxyl groups is 1. The molecule has 9 nitrogen and oxygen atoms in total. The Kier molecular flexibility index (Phi) is 5.89. The van der Waals surface area contributed by atoms with E-state index in [2.05, 4.69) is 20.4 Å². The summed E-state index contributed by atoms with van der Waals surface area (Å²) in [5, 5.41) is 17.7. The molecule has 30 heavy (non-hydrogen) atoms. The fourth-order valence-corrected chi connectivity index (χ4v) is 3.32. The normalized spacial score (nSPS) is 16.2. The maximum atomic E-state index is 12.4. The van der Waals surface area contributed by atoms with Crippen LogP contribution in [0.15, 0.2) is 42.9 Å². The van der Waals surface area contributed by atoms with E-state index < -0.39 is 0 Å². The Balaban J connectivity index is 1.46. The van der Waals surface area contributed by atoms with E-state index in [1.165, 1.54) is 24.2 Å². The van der Waals surface area contributed by atoms with Crippen molar-refractivity contribution in [2.45, 2.75) is 25.4 Å². The molecule has 1 unspecified atom stereocenters. The van der Waals surface area contributed by atoms with Gasteiger partial charge in [0.1, 0.15) is 0 Å². The predicted molar refractivity (Wildman–Crippen MR) is 109 cm³/mol. The van der Waals surface area contributed by atoms with Crippen molar-refractivity contribution in [3.05, 3.63) is 48.4 Å². The number of ether oxygens (including phenoxy) is 2. The SMILES string of the molecule is COc1cc(-c2cnn(-c3ccc(C(=O)NCC4CCCCO4)cn3)c2O)ccn1. The second kappa shape index (κ2) is 8.91. The second-order valence-corrected chi connectivity index (χ2v) is 6.98. The Hall–Kier alpha value is -3.46. The van der Waals surface area contributed by atoms with Crippen LogP contribution in [0.4, 0.5) is 0 Å². The summed E-state index contributed by atoms with van der Waals surface area (Å²) in [5.41, 5.74) is 1.67. The first-order valence-corrected chi connectivity index (χ1v) is 9.79. The second-order valence-electron chi connectivity index (χ2n) is 6.98. The molecule has 2 N–H and O–H groups in total. The Morgan fingerprint density at radius 1 is 1.30 bits per heavy atom. The minimum atomic E-state index is -0.211. The summed E-state index contributed by atoms with van der Waals surface area (Å²) in [5.74, 6) is 0.554. The highest BCUT2D eigenvalue weighted by Gasteiger charge is 2.17. The topological polar surface area (TPSA) is 111 Å². The zero-order chi connectivity index (χ0) is 20.9. The van der Waals surface area contributed by atoms with Crippen LogP contribution in [-0.2, 0) is 4.74 Å². The number of rotatable bonds is 6. The summed E-state index contributed by atoms with van der Waals surface area (Å²) < 4.78 is 12.1. The zero-order valence-corrected chi connectivity index (χ0v) is 16.6. The average molecular weight is 409 g/mol. The third kappa shape index (κ3) is 4.25. The van der Waals surface area contributed by atoms with Gasteiger partial charge in [-0.1, -0.05) is 0 Å². The Bertz CT molecular complexity index is 1010. The number of methoxy groups -OCH3 is 1. The van der Waals surface area contributed by atoms with Gasteiger partial charge in [-0.25, -0.2) is 9.97 Å². The number of pyridine rings is 2. The summed E-state index contributed by atoms with van der Waals surface area (Å²) >= 11 is 0. The minimum Gasteiger partial charge on any atom is -0.493 e. The van der Waals surface area contributed by atoms with Crippen LogP contribution in [0.3, 0.4) is 0 Å². The van der Waals surface area contributed by atoms with Crippen LogP contribution in [0.5, 0.6) is 11.8 Å². The quantitative estimate of drug-likeness (QED) is 0.643. The first-order valence-electron chi connectivity index (χ1n) is 9.79. The number of nitrogens with one attached hydrogen (secondary N) is 1. The molecule has 0 spiro atoms. The number of carbonyl (C=O) groups excluding carboxylic acids is 1. The highest BCUT2D eigenvalue weighted by atomic mass is 16.5. The molecule has 0 radical (unpaired) electrons. The molecule has 3 aromatic heterocycles. The fraction of sp³-hybridized carbons (Fsp3) is 0.333. The van der Waals surface area contributed by atoms with E-state index in [1.54, 1.807) is 30.5 Å². The molecule has 156 valence electrons. The largest absolute Gasteiger partial charge is 0.493 e. The van der Waals surface area contributed by atoms with Crippen molar-refractivity contribution in [3.63, 3.8) is 0 Å². The molecule has 4 heterocycles. The molecule has 0 saturated carbocycles. The molecule has 9 heteroatoms. The smallest absolute Gasteiger partial charge is 0.252 e. The van der Waals surface area contributed by atoms with Crippen LogP contribution >= 0.6 is 0 Å². The molecule has 1 saturated heterocycles. The summed E-state index contributed by atoms with van der Waals surface area (Å²) in [6, 6.07) is 6.74. The fourth-order valence-electron chi connectivity index (χ4n) is 3.32. The number of carbonyl (C=O) groups is 1. The molecule has 1 aliphatic rings. The van der Waals surface area contributed by atoms with Crippen LogP contribution in [0.25, 0.3) is 16.9 Å². The van der Waals surface area contributed by atoms with Gasteiger partial charge in [-0.2, -0.15) is 9.78 Å².